The first-order valence-corrected chi connectivity index (χ1v) is 6.79. The highest BCUT2D eigenvalue weighted by Gasteiger charge is 2.05. The summed E-state index contributed by atoms with van der Waals surface area (Å²) in [6.45, 7) is 1.63. The standard InChI is InChI=1S/C16H20N2O2/c1-18(11-5-8-16(19)20-2)12-14-10-9-13-6-3-4-7-15(13)17-14/h3-4,6-7,9-10H,5,8,11-12H2,1-2H3. The number of methoxy groups -OCH3 is 1. The normalized spacial score (nSPS) is 10.9. The third-order valence-corrected chi connectivity index (χ3v) is 3.24. The van der Waals surface area contributed by atoms with Crippen LogP contribution in [0.1, 0.15) is 18.5 Å². The van der Waals surface area contributed by atoms with Crippen molar-refractivity contribution in [1.82, 2.24) is 9.88 Å². The zero-order valence-corrected chi connectivity index (χ0v) is 12.0. The summed E-state index contributed by atoms with van der Waals surface area (Å²) < 4.78 is 4.63. The number of ether oxygens (including phenoxy) is 1. The van der Waals surface area contributed by atoms with Gasteiger partial charge in [-0.3, -0.25) is 9.78 Å². The van der Waals surface area contributed by atoms with E-state index in [2.05, 4.69) is 32.8 Å². The molecule has 20 heavy (non-hydrogen) atoms. The van der Waals surface area contributed by atoms with Gasteiger partial charge >= 0.3 is 5.97 Å². The van der Waals surface area contributed by atoms with E-state index in [0.717, 1.165) is 36.1 Å². The van der Waals surface area contributed by atoms with Gasteiger partial charge in [-0.1, -0.05) is 24.3 Å². The Hall–Kier alpha value is -1.94. The molecule has 4 heteroatoms. The van der Waals surface area contributed by atoms with Crippen LogP contribution in [0.4, 0.5) is 0 Å². The zero-order chi connectivity index (χ0) is 14.4. The average Bonchev–Trinajstić information content (AvgIpc) is 2.47. The first kappa shape index (κ1) is 14.5. The molecule has 0 atom stereocenters. The van der Waals surface area contributed by atoms with Gasteiger partial charge in [-0.25, -0.2) is 0 Å². The third-order valence-electron chi connectivity index (χ3n) is 3.24. The maximum Gasteiger partial charge on any atom is 0.305 e. The minimum Gasteiger partial charge on any atom is -0.469 e. The van der Waals surface area contributed by atoms with Gasteiger partial charge in [0.05, 0.1) is 18.3 Å². The minimum atomic E-state index is -0.151. The van der Waals surface area contributed by atoms with Crippen molar-refractivity contribution in [2.24, 2.45) is 0 Å². The lowest BCUT2D eigenvalue weighted by Gasteiger charge is -2.15. The first-order valence-electron chi connectivity index (χ1n) is 6.79. The number of fused-ring (bicyclic) bond motifs is 1. The lowest BCUT2D eigenvalue weighted by molar-refractivity contribution is -0.140. The average molecular weight is 272 g/mol. The smallest absolute Gasteiger partial charge is 0.305 e. The fourth-order valence-electron chi connectivity index (χ4n) is 2.15. The molecule has 0 unspecified atom stereocenters. The van der Waals surface area contributed by atoms with Crippen molar-refractivity contribution >= 4 is 16.9 Å². The second-order valence-corrected chi connectivity index (χ2v) is 4.91. The van der Waals surface area contributed by atoms with E-state index < -0.39 is 0 Å². The molecule has 0 aliphatic heterocycles. The molecule has 2 rings (SSSR count). The van der Waals surface area contributed by atoms with Gasteiger partial charge in [0, 0.05) is 18.4 Å². The number of hydrogen-bond donors (Lipinski definition) is 0. The van der Waals surface area contributed by atoms with E-state index in [9.17, 15) is 4.79 Å². The number of carbonyl (C=O) groups is 1. The fraction of sp³-hybridized carbons (Fsp3) is 0.375. The Kier molecular flexibility index (Phi) is 5.07. The lowest BCUT2D eigenvalue weighted by atomic mass is 10.2. The summed E-state index contributed by atoms with van der Waals surface area (Å²) in [4.78, 5) is 17.9. The summed E-state index contributed by atoms with van der Waals surface area (Å²) in [7, 11) is 3.46. The van der Waals surface area contributed by atoms with Crippen LogP contribution in [0.25, 0.3) is 10.9 Å². The number of aromatic nitrogens is 1. The molecule has 1 aromatic carbocycles. The Morgan fingerprint density at radius 3 is 2.85 bits per heavy atom. The molecular weight excluding hydrogens is 252 g/mol. The third kappa shape index (κ3) is 4.03. The fourth-order valence-corrected chi connectivity index (χ4v) is 2.15. The van der Waals surface area contributed by atoms with Gasteiger partial charge in [-0.2, -0.15) is 0 Å². The second kappa shape index (κ2) is 7.01. The van der Waals surface area contributed by atoms with Crippen molar-refractivity contribution in [3.8, 4) is 0 Å². The molecular formula is C16H20N2O2. The van der Waals surface area contributed by atoms with Crippen LogP contribution in [0, 0.1) is 0 Å². The predicted molar refractivity (Wildman–Crippen MR) is 79.3 cm³/mol. The van der Waals surface area contributed by atoms with Gasteiger partial charge < -0.3 is 9.64 Å². The molecule has 0 aliphatic carbocycles. The Morgan fingerprint density at radius 2 is 2.05 bits per heavy atom. The van der Waals surface area contributed by atoms with Crippen LogP contribution in [-0.4, -0.2) is 36.6 Å². The van der Waals surface area contributed by atoms with Crippen molar-refractivity contribution in [2.45, 2.75) is 19.4 Å². The molecule has 106 valence electrons. The Labute approximate surface area is 119 Å². The lowest BCUT2D eigenvalue weighted by Crippen LogP contribution is -2.20. The molecule has 4 nitrogen and oxygen atoms in total. The molecule has 0 N–H and O–H groups in total. The number of carbonyl (C=O) groups excluding carboxylic acids is 1. The molecule has 0 amide bonds. The van der Waals surface area contributed by atoms with Crippen molar-refractivity contribution in [3.05, 3.63) is 42.1 Å². The van der Waals surface area contributed by atoms with Crippen molar-refractivity contribution < 1.29 is 9.53 Å². The second-order valence-electron chi connectivity index (χ2n) is 4.91. The van der Waals surface area contributed by atoms with Crippen LogP contribution in [0.5, 0.6) is 0 Å². The highest BCUT2D eigenvalue weighted by atomic mass is 16.5. The number of rotatable bonds is 6. The maximum atomic E-state index is 11.0. The summed E-state index contributed by atoms with van der Waals surface area (Å²) in [5.41, 5.74) is 2.07. The molecule has 0 spiro atoms. The van der Waals surface area contributed by atoms with E-state index in [1.807, 2.05) is 25.2 Å². The quantitative estimate of drug-likeness (QED) is 0.758. The summed E-state index contributed by atoms with van der Waals surface area (Å²) in [6.07, 6.45) is 1.27. The summed E-state index contributed by atoms with van der Waals surface area (Å²) >= 11 is 0. The minimum absolute atomic E-state index is 0.151. The Morgan fingerprint density at radius 1 is 1.25 bits per heavy atom. The number of para-hydroxylation sites is 1. The van der Waals surface area contributed by atoms with Crippen LogP contribution in [-0.2, 0) is 16.1 Å². The van der Waals surface area contributed by atoms with Crippen LogP contribution < -0.4 is 0 Å². The molecule has 2 aromatic rings. The van der Waals surface area contributed by atoms with Gasteiger partial charge in [0.25, 0.3) is 0 Å². The van der Waals surface area contributed by atoms with Crippen LogP contribution in [0.3, 0.4) is 0 Å². The first-order chi connectivity index (χ1) is 9.69. The molecule has 0 saturated carbocycles. The SMILES string of the molecule is COC(=O)CCCN(C)Cc1ccc2ccccc2n1. The Balaban J connectivity index is 1.89. The molecule has 0 saturated heterocycles. The van der Waals surface area contributed by atoms with E-state index in [-0.39, 0.29) is 5.97 Å². The van der Waals surface area contributed by atoms with Gasteiger partial charge in [-0.05, 0) is 32.1 Å². The number of hydrogen-bond acceptors (Lipinski definition) is 4. The number of pyridine rings is 1. The summed E-state index contributed by atoms with van der Waals surface area (Å²) in [6, 6.07) is 12.3. The molecule has 1 heterocycles. The maximum absolute atomic E-state index is 11.0. The predicted octanol–water partition coefficient (Wildman–Crippen LogP) is 2.62. The van der Waals surface area contributed by atoms with E-state index in [0.29, 0.717) is 6.42 Å². The van der Waals surface area contributed by atoms with Crippen LogP contribution in [0.2, 0.25) is 0 Å². The summed E-state index contributed by atoms with van der Waals surface area (Å²) in [5, 5.41) is 1.16. The van der Waals surface area contributed by atoms with E-state index in [1.165, 1.54) is 7.11 Å². The highest BCUT2D eigenvalue weighted by molar-refractivity contribution is 5.78. The molecule has 0 bridgehead atoms. The largest absolute Gasteiger partial charge is 0.469 e. The highest BCUT2D eigenvalue weighted by Crippen LogP contribution is 2.12. The molecule has 0 fully saturated rings. The topological polar surface area (TPSA) is 42.4 Å². The number of esters is 1. The Bertz CT molecular complexity index is 583. The summed E-state index contributed by atoms with van der Waals surface area (Å²) in [5.74, 6) is -0.151. The van der Waals surface area contributed by atoms with Gasteiger partial charge in [-0.15, -0.1) is 0 Å². The van der Waals surface area contributed by atoms with Crippen molar-refractivity contribution in [3.63, 3.8) is 0 Å². The van der Waals surface area contributed by atoms with Gasteiger partial charge in [0.2, 0.25) is 0 Å². The van der Waals surface area contributed by atoms with Gasteiger partial charge in [0.1, 0.15) is 0 Å². The zero-order valence-electron chi connectivity index (χ0n) is 12.0. The van der Waals surface area contributed by atoms with E-state index in [4.69, 9.17) is 0 Å². The van der Waals surface area contributed by atoms with Crippen molar-refractivity contribution in [2.75, 3.05) is 20.7 Å². The van der Waals surface area contributed by atoms with E-state index >= 15 is 0 Å². The molecule has 0 radical (unpaired) electrons. The number of nitrogens with zero attached hydrogens (tertiary/aromatic N) is 2. The van der Waals surface area contributed by atoms with Crippen LogP contribution >= 0.6 is 0 Å². The molecule has 0 aliphatic rings. The van der Waals surface area contributed by atoms with Crippen LogP contribution in [0.15, 0.2) is 36.4 Å². The monoisotopic (exact) mass is 272 g/mol. The van der Waals surface area contributed by atoms with E-state index in [1.54, 1.807) is 0 Å². The number of benzene rings is 1. The van der Waals surface area contributed by atoms with Crippen molar-refractivity contribution in [1.29, 1.82) is 0 Å². The molecule has 1 aromatic heterocycles. The van der Waals surface area contributed by atoms with Gasteiger partial charge in [0.15, 0.2) is 0 Å².